The predicted molar refractivity (Wildman–Crippen MR) is 105 cm³/mol. The average molecular weight is 366 g/mol. The summed E-state index contributed by atoms with van der Waals surface area (Å²) in [4.78, 5) is 17.7. The Hall–Kier alpha value is -3.19. The minimum atomic E-state index is -0.333. The highest BCUT2D eigenvalue weighted by Gasteiger charge is 2.15. The molecule has 2 heterocycles. The molecular weight excluding hydrogens is 348 g/mol. The number of hydrogen-bond donors (Lipinski definition) is 2. The van der Waals surface area contributed by atoms with E-state index < -0.39 is 0 Å². The van der Waals surface area contributed by atoms with E-state index in [0.717, 1.165) is 21.8 Å². The number of pyridine rings is 1. The Balaban J connectivity index is 1.76. The monoisotopic (exact) mass is 366 g/mol. The van der Waals surface area contributed by atoms with Crippen LogP contribution in [0.3, 0.4) is 0 Å². The van der Waals surface area contributed by atoms with Crippen molar-refractivity contribution < 1.29 is 9.53 Å². The topological polar surface area (TPSA) is 89.6 Å². The Morgan fingerprint density at radius 2 is 1.88 bits per heavy atom. The third kappa shape index (κ3) is 3.89. The molecule has 0 saturated heterocycles. The molecule has 0 aliphatic carbocycles. The van der Waals surface area contributed by atoms with Gasteiger partial charge in [0.25, 0.3) is 5.91 Å². The number of hydrogen-bond acceptors (Lipinski definition) is 6. The number of nitrogen functional groups attached to an aromatic ring is 1. The number of hydrazone groups is 1. The fraction of sp³-hybridized carbons (Fsp3) is 0.105. The number of amides is 1. The number of thiophene rings is 1. The van der Waals surface area contributed by atoms with Gasteiger partial charge in [0.15, 0.2) is 0 Å². The van der Waals surface area contributed by atoms with Crippen molar-refractivity contribution >= 4 is 28.6 Å². The van der Waals surface area contributed by atoms with Crippen molar-refractivity contribution in [1.29, 1.82) is 0 Å². The van der Waals surface area contributed by atoms with Crippen LogP contribution in [-0.2, 0) is 0 Å². The number of benzene rings is 1. The Labute approximate surface area is 155 Å². The number of anilines is 1. The maximum Gasteiger partial charge on any atom is 0.283 e. The first-order valence-corrected chi connectivity index (χ1v) is 8.69. The summed E-state index contributed by atoms with van der Waals surface area (Å²) in [5.74, 6) is 0.442. The van der Waals surface area contributed by atoms with Gasteiger partial charge in [-0.2, -0.15) is 5.10 Å². The second-order valence-electron chi connectivity index (χ2n) is 5.50. The SMILES string of the molecule is COc1ccc(-c2cc(N)c(C(=O)N/N=C(/C)c3ccncc3)s2)cc1. The third-order valence-corrected chi connectivity index (χ3v) is 4.96. The van der Waals surface area contributed by atoms with Crippen LogP contribution in [-0.4, -0.2) is 23.7 Å². The van der Waals surface area contributed by atoms with E-state index in [1.54, 1.807) is 25.6 Å². The molecule has 6 nitrogen and oxygen atoms in total. The van der Waals surface area contributed by atoms with Crippen molar-refractivity contribution in [3.05, 3.63) is 65.3 Å². The third-order valence-electron chi connectivity index (χ3n) is 3.76. The Bertz CT molecular complexity index is 934. The fourth-order valence-corrected chi connectivity index (χ4v) is 3.30. The molecule has 3 aromatic rings. The Morgan fingerprint density at radius 3 is 2.54 bits per heavy atom. The average Bonchev–Trinajstić information content (AvgIpc) is 3.08. The van der Waals surface area contributed by atoms with E-state index in [4.69, 9.17) is 10.5 Å². The van der Waals surface area contributed by atoms with Crippen LogP contribution in [0.15, 0.2) is 60.0 Å². The first-order chi connectivity index (χ1) is 12.6. The Kier molecular flexibility index (Phi) is 5.28. The summed E-state index contributed by atoms with van der Waals surface area (Å²) in [6, 6.07) is 13.0. The Morgan fingerprint density at radius 1 is 1.19 bits per heavy atom. The second kappa shape index (κ2) is 7.79. The molecule has 26 heavy (non-hydrogen) atoms. The van der Waals surface area contributed by atoms with Crippen molar-refractivity contribution in [2.24, 2.45) is 5.10 Å². The molecule has 0 unspecified atom stereocenters. The zero-order valence-electron chi connectivity index (χ0n) is 14.4. The number of rotatable bonds is 5. The number of carbonyl (C=O) groups is 1. The smallest absolute Gasteiger partial charge is 0.283 e. The van der Waals surface area contributed by atoms with Gasteiger partial charge in [-0.25, -0.2) is 5.43 Å². The first kappa shape index (κ1) is 17.6. The van der Waals surface area contributed by atoms with Crippen LogP contribution in [0.4, 0.5) is 5.69 Å². The number of aromatic nitrogens is 1. The van der Waals surface area contributed by atoms with Crippen LogP contribution in [0.5, 0.6) is 5.75 Å². The van der Waals surface area contributed by atoms with E-state index in [-0.39, 0.29) is 5.91 Å². The summed E-state index contributed by atoms with van der Waals surface area (Å²) in [6.07, 6.45) is 3.35. The fourth-order valence-electron chi connectivity index (χ4n) is 2.32. The number of nitrogens with zero attached hydrogens (tertiary/aromatic N) is 2. The van der Waals surface area contributed by atoms with E-state index in [9.17, 15) is 4.79 Å². The summed E-state index contributed by atoms with van der Waals surface area (Å²) in [5, 5.41) is 4.14. The molecule has 0 aliphatic heterocycles. The van der Waals surface area contributed by atoms with Crippen LogP contribution >= 0.6 is 11.3 Å². The molecular formula is C19H18N4O2S. The molecule has 0 fully saturated rings. The van der Waals surface area contributed by atoms with Crippen molar-refractivity contribution in [3.8, 4) is 16.2 Å². The van der Waals surface area contributed by atoms with Gasteiger partial charge in [-0.3, -0.25) is 9.78 Å². The lowest BCUT2D eigenvalue weighted by Crippen LogP contribution is -2.19. The molecule has 1 amide bonds. The van der Waals surface area contributed by atoms with Crippen LogP contribution in [0, 0.1) is 0 Å². The van der Waals surface area contributed by atoms with Crippen molar-refractivity contribution in [2.45, 2.75) is 6.92 Å². The van der Waals surface area contributed by atoms with Crippen molar-refractivity contribution in [3.63, 3.8) is 0 Å². The minimum absolute atomic E-state index is 0.333. The molecule has 0 saturated carbocycles. The number of nitrogens with two attached hydrogens (primary N) is 1. The van der Waals surface area contributed by atoms with Crippen LogP contribution < -0.4 is 15.9 Å². The minimum Gasteiger partial charge on any atom is -0.497 e. The highest BCUT2D eigenvalue weighted by molar-refractivity contribution is 7.18. The lowest BCUT2D eigenvalue weighted by Gasteiger charge is -2.02. The first-order valence-electron chi connectivity index (χ1n) is 7.87. The number of ether oxygens (including phenoxy) is 1. The summed E-state index contributed by atoms with van der Waals surface area (Å²) < 4.78 is 5.16. The van der Waals surface area contributed by atoms with Gasteiger partial charge >= 0.3 is 0 Å². The van der Waals surface area contributed by atoms with Crippen molar-refractivity contribution in [1.82, 2.24) is 10.4 Å². The maximum atomic E-state index is 12.4. The molecule has 2 aromatic heterocycles. The van der Waals surface area contributed by atoms with Gasteiger partial charge < -0.3 is 10.5 Å². The quantitative estimate of drug-likeness (QED) is 0.534. The summed E-state index contributed by atoms with van der Waals surface area (Å²) >= 11 is 1.32. The molecule has 3 rings (SSSR count). The molecule has 0 spiro atoms. The second-order valence-corrected chi connectivity index (χ2v) is 6.55. The largest absolute Gasteiger partial charge is 0.497 e. The van der Waals surface area contributed by atoms with E-state index in [2.05, 4.69) is 15.5 Å². The molecule has 0 radical (unpaired) electrons. The molecule has 1 aromatic carbocycles. The molecule has 0 atom stereocenters. The number of carbonyl (C=O) groups excluding carboxylic acids is 1. The zero-order valence-corrected chi connectivity index (χ0v) is 15.2. The maximum absolute atomic E-state index is 12.4. The van der Waals surface area contributed by atoms with Gasteiger partial charge in [-0.05, 0) is 55.0 Å². The van der Waals surface area contributed by atoms with Crippen molar-refractivity contribution in [2.75, 3.05) is 12.8 Å². The van der Waals surface area contributed by atoms with Crippen LogP contribution in [0.25, 0.3) is 10.4 Å². The van der Waals surface area contributed by atoms with Gasteiger partial charge in [-0.1, -0.05) is 0 Å². The molecule has 7 heteroatoms. The van der Waals surface area contributed by atoms with E-state index in [0.29, 0.717) is 16.3 Å². The summed E-state index contributed by atoms with van der Waals surface area (Å²) in [7, 11) is 1.62. The van der Waals surface area contributed by atoms with Crippen LogP contribution in [0.1, 0.15) is 22.2 Å². The lowest BCUT2D eigenvalue weighted by atomic mass is 10.2. The van der Waals surface area contributed by atoms with E-state index in [1.165, 1.54) is 11.3 Å². The predicted octanol–water partition coefficient (Wildman–Crippen LogP) is 3.55. The van der Waals surface area contributed by atoms with Gasteiger partial charge in [0.2, 0.25) is 0 Å². The summed E-state index contributed by atoms with van der Waals surface area (Å²) in [5.41, 5.74) is 11.6. The molecule has 0 aliphatic rings. The van der Waals surface area contributed by atoms with Gasteiger partial charge in [0.05, 0.1) is 18.5 Å². The number of methoxy groups -OCH3 is 1. The van der Waals surface area contributed by atoms with Gasteiger partial charge in [-0.15, -0.1) is 11.3 Å². The van der Waals surface area contributed by atoms with E-state index >= 15 is 0 Å². The zero-order chi connectivity index (χ0) is 18.5. The number of nitrogens with one attached hydrogen (secondary N) is 1. The highest BCUT2D eigenvalue weighted by atomic mass is 32.1. The van der Waals surface area contributed by atoms with Gasteiger partial charge in [0, 0.05) is 22.8 Å². The van der Waals surface area contributed by atoms with Gasteiger partial charge in [0.1, 0.15) is 10.6 Å². The molecule has 132 valence electrons. The summed E-state index contributed by atoms with van der Waals surface area (Å²) in [6.45, 7) is 1.82. The van der Waals surface area contributed by atoms with Crippen LogP contribution in [0.2, 0.25) is 0 Å². The normalized spacial score (nSPS) is 11.2. The highest BCUT2D eigenvalue weighted by Crippen LogP contribution is 2.33. The molecule has 0 bridgehead atoms. The molecule has 3 N–H and O–H groups in total. The van der Waals surface area contributed by atoms with E-state index in [1.807, 2.05) is 43.3 Å². The lowest BCUT2D eigenvalue weighted by molar-refractivity contribution is 0.0959. The standard InChI is InChI=1S/C19H18N4O2S/c1-12(13-7-9-21-10-8-13)22-23-19(24)18-16(20)11-17(26-18)14-3-5-15(25-2)6-4-14/h3-11H,20H2,1-2H3,(H,23,24)/b22-12-.